The fraction of sp³-hybridized carbons (Fsp3) is 0.917. The molecule has 1 amide bonds. The molecule has 3 nitrogen and oxygen atoms in total. The molecule has 1 aliphatic carbocycles. The Hall–Kier alpha value is -0.570. The summed E-state index contributed by atoms with van der Waals surface area (Å²) in [4.78, 5) is 11.4. The fourth-order valence-electron chi connectivity index (χ4n) is 2.39. The van der Waals surface area contributed by atoms with E-state index >= 15 is 0 Å². The summed E-state index contributed by atoms with van der Waals surface area (Å²) in [7, 11) is 0. The summed E-state index contributed by atoms with van der Waals surface area (Å²) in [6.07, 6.45) is 8.36. The zero-order valence-corrected chi connectivity index (χ0v) is 9.80. The molecular weight excluding hydrogens is 188 g/mol. The zero-order chi connectivity index (χ0) is 11.1. The molecule has 0 aliphatic heterocycles. The van der Waals surface area contributed by atoms with Gasteiger partial charge in [-0.05, 0) is 25.7 Å². The Morgan fingerprint density at radius 1 is 1.33 bits per heavy atom. The zero-order valence-electron chi connectivity index (χ0n) is 9.80. The van der Waals surface area contributed by atoms with Crippen molar-refractivity contribution in [2.75, 3.05) is 6.54 Å². The number of carbonyl (C=O) groups excluding carboxylic acids is 1. The van der Waals surface area contributed by atoms with Crippen LogP contribution in [0.25, 0.3) is 0 Å². The van der Waals surface area contributed by atoms with Crippen molar-refractivity contribution in [3.8, 4) is 0 Å². The van der Waals surface area contributed by atoms with E-state index in [0.717, 1.165) is 0 Å². The quantitative estimate of drug-likeness (QED) is 0.698. The summed E-state index contributed by atoms with van der Waals surface area (Å²) in [5.41, 5.74) is 5.35. The summed E-state index contributed by atoms with van der Waals surface area (Å²) in [5, 5.41) is 3.06. The maximum absolute atomic E-state index is 11.4. The Morgan fingerprint density at radius 3 is 2.47 bits per heavy atom. The van der Waals surface area contributed by atoms with Gasteiger partial charge in [0.25, 0.3) is 0 Å². The van der Waals surface area contributed by atoms with E-state index in [1.165, 1.54) is 38.5 Å². The average molecular weight is 212 g/mol. The van der Waals surface area contributed by atoms with Gasteiger partial charge in [-0.3, -0.25) is 4.79 Å². The molecule has 3 heteroatoms. The Labute approximate surface area is 92.8 Å². The van der Waals surface area contributed by atoms with Gasteiger partial charge in [0.2, 0.25) is 5.91 Å². The monoisotopic (exact) mass is 212 g/mol. The van der Waals surface area contributed by atoms with Crippen molar-refractivity contribution >= 4 is 5.91 Å². The van der Waals surface area contributed by atoms with E-state index in [1.54, 1.807) is 0 Å². The van der Waals surface area contributed by atoms with Crippen LogP contribution >= 0.6 is 0 Å². The number of nitrogens with one attached hydrogen (secondary N) is 1. The van der Waals surface area contributed by atoms with Gasteiger partial charge in [-0.15, -0.1) is 0 Å². The molecule has 0 aromatic rings. The molecule has 3 N–H and O–H groups in total. The molecular formula is C12H24N2O. The van der Waals surface area contributed by atoms with Gasteiger partial charge in [0.15, 0.2) is 0 Å². The molecule has 1 fully saturated rings. The first-order chi connectivity index (χ1) is 7.24. The van der Waals surface area contributed by atoms with Gasteiger partial charge < -0.3 is 11.1 Å². The van der Waals surface area contributed by atoms with Gasteiger partial charge in [-0.2, -0.15) is 0 Å². The number of hydrogen-bond donors (Lipinski definition) is 2. The standard InChI is InChI=1S/C12H24N2O/c1-10(14-12(15)8-9-13)11-6-4-2-3-5-7-11/h10-11H,2-9,13H2,1H3,(H,14,15)/t10-/m0/s1. The smallest absolute Gasteiger partial charge is 0.221 e. The highest BCUT2D eigenvalue weighted by Crippen LogP contribution is 2.25. The van der Waals surface area contributed by atoms with Crippen molar-refractivity contribution in [1.29, 1.82) is 0 Å². The van der Waals surface area contributed by atoms with Gasteiger partial charge in [0.1, 0.15) is 0 Å². The minimum Gasteiger partial charge on any atom is -0.353 e. The summed E-state index contributed by atoms with van der Waals surface area (Å²) in [6, 6.07) is 0.321. The highest BCUT2D eigenvalue weighted by atomic mass is 16.1. The van der Waals surface area contributed by atoms with Gasteiger partial charge in [-0.1, -0.05) is 25.7 Å². The highest BCUT2D eigenvalue weighted by molar-refractivity contribution is 5.76. The van der Waals surface area contributed by atoms with E-state index in [1.807, 2.05) is 0 Å². The molecule has 0 aromatic carbocycles. The molecule has 15 heavy (non-hydrogen) atoms. The van der Waals surface area contributed by atoms with E-state index in [2.05, 4.69) is 12.2 Å². The molecule has 1 atom stereocenters. The van der Waals surface area contributed by atoms with Crippen molar-refractivity contribution in [2.45, 2.75) is 57.9 Å². The second-order valence-corrected chi connectivity index (χ2v) is 4.65. The molecule has 88 valence electrons. The first-order valence-electron chi connectivity index (χ1n) is 6.23. The second kappa shape index (κ2) is 6.83. The van der Waals surface area contributed by atoms with Crippen molar-refractivity contribution in [1.82, 2.24) is 5.32 Å². The van der Waals surface area contributed by atoms with Crippen LogP contribution in [0, 0.1) is 5.92 Å². The maximum Gasteiger partial charge on any atom is 0.221 e. The third-order valence-corrected chi connectivity index (χ3v) is 3.37. The van der Waals surface area contributed by atoms with Crippen LogP contribution in [0.5, 0.6) is 0 Å². The fourth-order valence-corrected chi connectivity index (χ4v) is 2.39. The molecule has 0 heterocycles. The molecule has 0 spiro atoms. The van der Waals surface area contributed by atoms with Gasteiger partial charge in [0.05, 0.1) is 0 Å². The van der Waals surface area contributed by atoms with E-state index in [-0.39, 0.29) is 5.91 Å². The van der Waals surface area contributed by atoms with Crippen molar-refractivity contribution in [3.63, 3.8) is 0 Å². The molecule has 1 rings (SSSR count). The Kier molecular flexibility index (Phi) is 5.69. The molecule has 0 radical (unpaired) electrons. The largest absolute Gasteiger partial charge is 0.353 e. The summed E-state index contributed by atoms with van der Waals surface area (Å²) in [6.45, 7) is 2.58. The summed E-state index contributed by atoms with van der Waals surface area (Å²) in [5.74, 6) is 0.781. The van der Waals surface area contributed by atoms with Crippen LogP contribution < -0.4 is 11.1 Å². The van der Waals surface area contributed by atoms with Gasteiger partial charge >= 0.3 is 0 Å². The predicted molar refractivity (Wildman–Crippen MR) is 62.5 cm³/mol. The summed E-state index contributed by atoms with van der Waals surface area (Å²) < 4.78 is 0. The summed E-state index contributed by atoms with van der Waals surface area (Å²) >= 11 is 0. The Balaban J connectivity index is 2.30. The molecule has 1 saturated carbocycles. The first kappa shape index (κ1) is 12.5. The maximum atomic E-state index is 11.4. The molecule has 0 unspecified atom stereocenters. The van der Waals surface area contributed by atoms with Crippen LogP contribution in [-0.4, -0.2) is 18.5 Å². The van der Waals surface area contributed by atoms with Crippen LogP contribution in [0.2, 0.25) is 0 Å². The lowest BCUT2D eigenvalue weighted by molar-refractivity contribution is -0.121. The van der Waals surface area contributed by atoms with Crippen LogP contribution in [0.15, 0.2) is 0 Å². The number of rotatable bonds is 4. The van der Waals surface area contributed by atoms with Crippen LogP contribution in [0.3, 0.4) is 0 Å². The van der Waals surface area contributed by atoms with Crippen molar-refractivity contribution in [2.24, 2.45) is 11.7 Å². The van der Waals surface area contributed by atoms with Gasteiger partial charge in [0, 0.05) is 19.0 Å². The lowest BCUT2D eigenvalue weighted by Gasteiger charge is -2.23. The number of carbonyl (C=O) groups is 1. The van der Waals surface area contributed by atoms with E-state index in [4.69, 9.17) is 5.73 Å². The van der Waals surface area contributed by atoms with E-state index in [0.29, 0.717) is 24.9 Å². The molecule has 0 aromatic heterocycles. The number of hydrogen-bond acceptors (Lipinski definition) is 2. The highest BCUT2D eigenvalue weighted by Gasteiger charge is 2.19. The predicted octanol–water partition coefficient (Wildman–Crippen LogP) is 1.81. The normalized spacial score (nSPS) is 20.7. The van der Waals surface area contributed by atoms with E-state index < -0.39 is 0 Å². The van der Waals surface area contributed by atoms with Crippen LogP contribution in [0.1, 0.15) is 51.9 Å². The third kappa shape index (κ3) is 4.65. The molecule has 0 bridgehead atoms. The van der Waals surface area contributed by atoms with E-state index in [9.17, 15) is 4.79 Å². The molecule has 0 saturated heterocycles. The van der Waals surface area contributed by atoms with Crippen molar-refractivity contribution in [3.05, 3.63) is 0 Å². The third-order valence-electron chi connectivity index (χ3n) is 3.37. The number of nitrogens with two attached hydrogens (primary N) is 1. The topological polar surface area (TPSA) is 55.1 Å². The van der Waals surface area contributed by atoms with Gasteiger partial charge in [-0.25, -0.2) is 0 Å². The SMILES string of the molecule is C[C@H](NC(=O)CCN)C1CCCCCC1. The first-order valence-corrected chi connectivity index (χ1v) is 6.23. The average Bonchev–Trinajstić information content (AvgIpc) is 2.45. The lowest BCUT2D eigenvalue weighted by atomic mass is 9.93. The second-order valence-electron chi connectivity index (χ2n) is 4.65. The van der Waals surface area contributed by atoms with Crippen molar-refractivity contribution < 1.29 is 4.79 Å². The van der Waals surface area contributed by atoms with Crippen LogP contribution in [-0.2, 0) is 4.79 Å². The Bertz CT molecular complexity index is 186. The number of amides is 1. The lowest BCUT2D eigenvalue weighted by Crippen LogP contribution is -2.38. The minimum absolute atomic E-state index is 0.106. The Morgan fingerprint density at radius 2 is 1.93 bits per heavy atom. The van der Waals surface area contributed by atoms with Crippen LogP contribution in [0.4, 0.5) is 0 Å². The molecule has 1 aliphatic rings. The minimum atomic E-state index is 0.106.